The van der Waals surface area contributed by atoms with Crippen molar-refractivity contribution in [2.45, 2.75) is 0 Å². The van der Waals surface area contributed by atoms with Gasteiger partial charge in [-0.15, -0.1) is 10.2 Å². The van der Waals surface area contributed by atoms with Gasteiger partial charge >= 0.3 is 0 Å². The molecule has 0 unspecified atom stereocenters. The third-order valence-electron chi connectivity index (χ3n) is 5.57. The van der Waals surface area contributed by atoms with Crippen molar-refractivity contribution < 1.29 is 0 Å². The van der Waals surface area contributed by atoms with Crippen LogP contribution in [0.3, 0.4) is 0 Å². The van der Waals surface area contributed by atoms with Crippen LogP contribution in [0, 0.1) is 0 Å². The number of anilines is 1. The fourth-order valence-corrected chi connectivity index (χ4v) is 3.83. The first-order chi connectivity index (χ1) is 15.7. The minimum atomic E-state index is 0.822. The van der Waals surface area contributed by atoms with Gasteiger partial charge in [0.2, 0.25) is 0 Å². The highest BCUT2D eigenvalue weighted by atomic mass is 15.3. The Balaban J connectivity index is 1.60. The molecule has 0 radical (unpaired) electrons. The third kappa shape index (κ3) is 3.79. The van der Waals surface area contributed by atoms with Crippen LogP contribution in [0.15, 0.2) is 109 Å². The van der Waals surface area contributed by atoms with Gasteiger partial charge in [0, 0.05) is 36.6 Å². The summed E-state index contributed by atoms with van der Waals surface area (Å²) in [5.74, 6) is 1.64. The molecular formula is C28H24N4. The second-order valence-corrected chi connectivity index (χ2v) is 7.90. The predicted octanol–water partition coefficient (Wildman–Crippen LogP) is 6.33. The van der Waals surface area contributed by atoms with Crippen LogP contribution in [-0.2, 0) is 0 Å². The Morgan fingerprint density at radius 2 is 0.938 bits per heavy atom. The molecule has 1 heterocycles. The Morgan fingerprint density at radius 3 is 1.47 bits per heavy atom. The van der Waals surface area contributed by atoms with Gasteiger partial charge in [-0.05, 0) is 47.5 Å². The summed E-state index contributed by atoms with van der Waals surface area (Å²) in [4.78, 5) is 2.09. The minimum Gasteiger partial charge on any atom is -0.378 e. The lowest BCUT2D eigenvalue weighted by Crippen LogP contribution is -2.08. The summed E-state index contributed by atoms with van der Waals surface area (Å²) < 4.78 is 2.13. The van der Waals surface area contributed by atoms with E-state index >= 15 is 0 Å². The van der Waals surface area contributed by atoms with E-state index in [1.807, 2.05) is 38.4 Å². The summed E-state index contributed by atoms with van der Waals surface area (Å²) in [5, 5.41) is 9.20. The number of hydrogen-bond acceptors (Lipinski definition) is 3. The molecule has 0 spiro atoms. The van der Waals surface area contributed by atoms with E-state index < -0.39 is 0 Å². The summed E-state index contributed by atoms with van der Waals surface area (Å²) in [6.07, 6.45) is 0. The SMILES string of the molecule is CN(C)c1ccc(-c2nnc(-c3ccc(-c4ccccc4)cc3)n2-c2ccccc2)cc1. The second-order valence-electron chi connectivity index (χ2n) is 7.90. The summed E-state index contributed by atoms with van der Waals surface area (Å²) in [6.45, 7) is 0. The number of rotatable bonds is 5. The Hall–Kier alpha value is -4.18. The maximum Gasteiger partial charge on any atom is 0.168 e. The highest BCUT2D eigenvalue weighted by molar-refractivity contribution is 5.71. The van der Waals surface area contributed by atoms with Crippen LogP contribution < -0.4 is 4.90 Å². The van der Waals surface area contributed by atoms with Crippen molar-refractivity contribution in [2.24, 2.45) is 0 Å². The first-order valence-corrected chi connectivity index (χ1v) is 10.7. The molecule has 0 aliphatic heterocycles. The van der Waals surface area contributed by atoms with Gasteiger partial charge in [-0.2, -0.15) is 0 Å². The minimum absolute atomic E-state index is 0.822. The van der Waals surface area contributed by atoms with Crippen LogP contribution in [0.1, 0.15) is 0 Å². The van der Waals surface area contributed by atoms with E-state index in [1.54, 1.807) is 0 Å². The molecule has 0 bridgehead atoms. The molecular weight excluding hydrogens is 392 g/mol. The fraction of sp³-hybridized carbons (Fsp3) is 0.0714. The van der Waals surface area contributed by atoms with Crippen molar-refractivity contribution in [3.05, 3.63) is 109 Å². The molecule has 5 rings (SSSR count). The lowest BCUT2D eigenvalue weighted by Gasteiger charge is -2.14. The standard InChI is InChI=1S/C28H24N4/c1-31(2)25-19-17-24(18-20-25)28-30-29-27(32(28)26-11-7-4-8-12-26)23-15-13-22(14-16-23)21-9-5-3-6-10-21/h3-20H,1-2H3. The van der Waals surface area contributed by atoms with E-state index in [4.69, 9.17) is 0 Å². The van der Waals surface area contributed by atoms with Crippen molar-refractivity contribution in [2.75, 3.05) is 19.0 Å². The van der Waals surface area contributed by atoms with Gasteiger partial charge in [0.05, 0.1) is 0 Å². The lowest BCUT2D eigenvalue weighted by atomic mass is 10.0. The lowest BCUT2D eigenvalue weighted by molar-refractivity contribution is 1.07. The molecule has 0 aliphatic carbocycles. The first kappa shape index (κ1) is 19.8. The Kier molecular flexibility index (Phi) is 5.26. The van der Waals surface area contributed by atoms with Crippen molar-refractivity contribution in [3.63, 3.8) is 0 Å². The summed E-state index contributed by atoms with van der Waals surface area (Å²) in [6, 6.07) is 37.6. The van der Waals surface area contributed by atoms with E-state index in [1.165, 1.54) is 11.1 Å². The average Bonchev–Trinajstić information content (AvgIpc) is 3.30. The van der Waals surface area contributed by atoms with Gasteiger partial charge in [-0.25, -0.2) is 0 Å². The van der Waals surface area contributed by atoms with Gasteiger partial charge in [0.15, 0.2) is 11.6 Å². The average molecular weight is 417 g/mol. The molecule has 32 heavy (non-hydrogen) atoms. The summed E-state index contributed by atoms with van der Waals surface area (Å²) in [5.41, 5.74) is 6.61. The van der Waals surface area contributed by atoms with Gasteiger partial charge in [-0.3, -0.25) is 4.57 Å². The predicted molar refractivity (Wildman–Crippen MR) is 132 cm³/mol. The topological polar surface area (TPSA) is 34.0 Å². The molecule has 0 amide bonds. The van der Waals surface area contributed by atoms with E-state index in [-0.39, 0.29) is 0 Å². The molecule has 0 atom stereocenters. The van der Waals surface area contributed by atoms with E-state index in [9.17, 15) is 0 Å². The third-order valence-corrected chi connectivity index (χ3v) is 5.57. The number of benzene rings is 4. The number of aromatic nitrogens is 3. The zero-order valence-corrected chi connectivity index (χ0v) is 18.2. The maximum absolute atomic E-state index is 4.60. The summed E-state index contributed by atoms with van der Waals surface area (Å²) in [7, 11) is 4.08. The Morgan fingerprint density at radius 1 is 0.500 bits per heavy atom. The molecule has 0 saturated heterocycles. The number of para-hydroxylation sites is 1. The molecule has 0 fully saturated rings. The van der Waals surface area contributed by atoms with E-state index in [0.717, 1.165) is 34.2 Å². The van der Waals surface area contributed by atoms with Crippen LogP contribution in [0.25, 0.3) is 39.6 Å². The van der Waals surface area contributed by atoms with Crippen LogP contribution in [0.2, 0.25) is 0 Å². The van der Waals surface area contributed by atoms with E-state index in [2.05, 4.69) is 105 Å². The van der Waals surface area contributed by atoms with Crippen molar-refractivity contribution in [3.8, 4) is 39.6 Å². The van der Waals surface area contributed by atoms with Crippen LogP contribution in [0.4, 0.5) is 5.69 Å². The Labute approximate surface area is 188 Å². The maximum atomic E-state index is 4.60. The molecule has 0 saturated carbocycles. The highest BCUT2D eigenvalue weighted by Gasteiger charge is 2.17. The van der Waals surface area contributed by atoms with Gasteiger partial charge in [-0.1, -0.05) is 72.8 Å². The smallest absolute Gasteiger partial charge is 0.168 e. The van der Waals surface area contributed by atoms with Crippen molar-refractivity contribution in [1.29, 1.82) is 0 Å². The van der Waals surface area contributed by atoms with Gasteiger partial charge in [0.1, 0.15) is 0 Å². The molecule has 0 aliphatic rings. The fourth-order valence-electron chi connectivity index (χ4n) is 3.83. The van der Waals surface area contributed by atoms with Crippen molar-refractivity contribution in [1.82, 2.24) is 14.8 Å². The molecule has 1 aromatic heterocycles. The molecule has 4 nitrogen and oxygen atoms in total. The van der Waals surface area contributed by atoms with Crippen LogP contribution in [0.5, 0.6) is 0 Å². The monoisotopic (exact) mass is 416 g/mol. The number of nitrogens with zero attached hydrogens (tertiary/aromatic N) is 4. The molecule has 0 N–H and O–H groups in total. The quantitative estimate of drug-likeness (QED) is 0.335. The zero-order chi connectivity index (χ0) is 21.9. The number of hydrogen-bond donors (Lipinski definition) is 0. The molecule has 4 heteroatoms. The van der Waals surface area contributed by atoms with Gasteiger partial charge < -0.3 is 4.90 Å². The highest BCUT2D eigenvalue weighted by Crippen LogP contribution is 2.30. The second kappa shape index (κ2) is 8.52. The normalized spacial score (nSPS) is 10.8. The Bertz CT molecular complexity index is 1300. The first-order valence-electron chi connectivity index (χ1n) is 10.7. The van der Waals surface area contributed by atoms with Gasteiger partial charge in [0.25, 0.3) is 0 Å². The van der Waals surface area contributed by atoms with Crippen LogP contribution in [-0.4, -0.2) is 28.9 Å². The van der Waals surface area contributed by atoms with E-state index in [0.29, 0.717) is 0 Å². The van der Waals surface area contributed by atoms with Crippen molar-refractivity contribution >= 4 is 5.69 Å². The molecule has 5 aromatic rings. The molecule has 156 valence electrons. The largest absolute Gasteiger partial charge is 0.378 e. The zero-order valence-electron chi connectivity index (χ0n) is 18.2. The molecule has 4 aromatic carbocycles. The summed E-state index contributed by atoms with van der Waals surface area (Å²) >= 11 is 0. The van der Waals surface area contributed by atoms with Crippen LogP contribution >= 0.6 is 0 Å².